The highest BCUT2D eigenvalue weighted by Crippen LogP contribution is 2.48. The molecule has 5 unspecified atom stereocenters. The molecule has 7 nitrogen and oxygen atoms in total. The minimum absolute atomic E-state index is 0.305. The number of aliphatic hydroxyl groups excluding tert-OH is 1. The molecular formula is C19H30O7. The lowest BCUT2D eigenvalue weighted by molar-refractivity contribution is -0.159. The number of aliphatic carboxylic acids is 2. The van der Waals surface area contributed by atoms with Crippen molar-refractivity contribution < 1.29 is 34.4 Å². The molecule has 0 saturated heterocycles. The van der Waals surface area contributed by atoms with Gasteiger partial charge in [0.1, 0.15) is 6.61 Å². The lowest BCUT2D eigenvalue weighted by Crippen LogP contribution is -2.37. The smallest absolute Gasteiger partial charge is 0.311 e. The Hall–Kier alpha value is -1.89. The van der Waals surface area contributed by atoms with Crippen LogP contribution in [0.15, 0.2) is 12.2 Å². The number of carbonyl (C=O) groups is 3. The standard InChI is InChI=1S/C19H30O7/c1-6-19(4,5)18(25)26-9-14(20)13-7-11(10(2)3)12(8-15(21)22)16(13)17(23)24/h11-14,16,20H,2,6-9H2,1,3-5H3,(H,21,22)(H,23,24). The summed E-state index contributed by atoms with van der Waals surface area (Å²) in [6.45, 7) is 10.6. The lowest BCUT2D eigenvalue weighted by atomic mass is 9.81. The number of allylic oxidation sites excluding steroid dienone is 1. The summed E-state index contributed by atoms with van der Waals surface area (Å²) in [5, 5.41) is 29.2. The maximum atomic E-state index is 12.1. The zero-order valence-corrected chi connectivity index (χ0v) is 15.9. The zero-order chi connectivity index (χ0) is 20.2. The molecule has 0 aliphatic heterocycles. The van der Waals surface area contributed by atoms with E-state index in [1.54, 1.807) is 20.8 Å². The molecule has 5 atom stereocenters. The predicted molar refractivity (Wildman–Crippen MR) is 94.3 cm³/mol. The summed E-state index contributed by atoms with van der Waals surface area (Å²) in [5.74, 6) is -5.37. The van der Waals surface area contributed by atoms with Crippen molar-refractivity contribution in [1.82, 2.24) is 0 Å². The van der Waals surface area contributed by atoms with Crippen LogP contribution in [-0.2, 0) is 19.1 Å². The van der Waals surface area contributed by atoms with E-state index in [4.69, 9.17) is 9.84 Å². The first-order valence-electron chi connectivity index (χ1n) is 8.87. The Kier molecular flexibility index (Phi) is 7.38. The topological polar surface area (TPSA) is 121 Å². The second-order valence-electron chi connectivity index (χ2n) is 7.88. The van der Waals surface area contributed by atoms with Crippen LogP contribution in [0.3, 0.4) is 0 Å². The van der Waals surface area contributed by atoms with Gasteiger partial charge in [-0.25, -0.2) is 0 Å². The van der Waals surface area contributed by atoms with Gasteiger partial charge in [0.15, 0.2) is 0 Å². The van der Waals surface area contributed by atoms with E-state index in [9.17, 15) is 24.6 Å². The summed E-state index contributed by atoms with van der Waals surface area (Å²) in [6, 6.07) is 0. The van der Waals surface area contributed by atoms with Crippen LogP contribution in [0.1, 0.15) is 47.0 Å². The van der Waals surface area contributed by atoms with Crippen LogP contribution in [0.2, 0.25) is 0 Å². The number of hydrogen-bond donors (Lipinski definition) is 3. The number of hydrogen-bond acceptors (Lipinski definition) is 5. The van der Waals surface area contributed by atoms with E-state index >= 15 is 0 Å². The van der Waals surface area contributed by atoms with Gasteiger partial charge in [-0.15, -0.1) is 0 Å². The monoisotopic (exact) mass is 370 g/mol. The van der Waals surface area contributed by atoms with Crippen LogP contribution < -0.4 is 0 Å². The first kappa shape index (κ1) is 22.2. The molecule has 1 fully saturated rings. The van der Waals surface area contributed by atoms with E-state index in [1.165, 1.54) is 0 Å². The fourth-order valence-electron chi connectivity index (χ4n) is 3.61. The molecule has 7 heteroatoms. The zero-order valence-electron chi connectivity index (χ0n) is 15.9. The molecule has 0 amide bonds. The highest BCUT2D eigenvalue weighted by molar-refractivity contribution is 5.76. The van der Waals surface area contributed by atoms with Gasteiger partial charge in [0.2, 0.25) is 0 Å². The number of carboxylic acids is 2. The van der Waals surface area contributed by atoms with E-state index in [0.717, 1.165) is 0 Å². The molecule has 0 aromatic carbocycles. The van der Waals surface area contributed by atoms with Crippen molar-refractivity contribution in [1.29, 1.82) is 0 Å². The Morgan fingerprint density at radius 3 is 2.27 bits per heavy atom. The molecule has 1 rings (SSSR count). The molecule has 0 heterocycles. The molecule has 3 N–H and O–H groups in total. The summed E-state index contributed by atoms with van der Waals surface area (Å²) in [7, 11) is 0. The molecule has 1 aliphatic rings. The third-order valence-corrected chi connectivity index (χ3v) is 5.61. The fraction of sp³-hybridized carbons (Fsp3) is 0.737. The Morgan fingerprint density at radius 1 is 1.27 bits per heavy atom. The molecule has 0 aromatic heterocycles. The van der Waals surface area contributed by atoms with Gasteiger partial charge < -0.3 is 20.1 Å². The predicted octanol–water partition coefficient (Wildman–Crippen LogP) is 2.33. The van der Waals surface area contributed by atoms with Crippen molar-refractivity contribution in [2.75, 3.05) is 6.61 Å². The number of ether oxygens (including phenoxy) is 1. The molecule has 0 spiro atoms. The SMILES string of the molecule is C=C(C)C1CC(C(O)COC(=O)C(C)(C)CC)C(C(=O)O)C1CC(=O)O. The normalized spacial score (nSPS) is 27.0. The second-order valence-corrected chi connectivity index (χ2v) is 7.88. The summed E-state index contributed by atoms with van der Waals surface area (Å²) in [6.07, 6.45) is -0.601. The highest BCUT2D eigenvalue weighted by Gasteiger charge is 2.50. The van der Waals surface area contributed by atoms with Crippen LogP contribution in [-0.4, -0.2) is 45.9 Å². The van der Waals surface area contributed by atoms with Gasteiger partial charge in [-0.05, 0) is 45.4 Å². The molecular weight excluding hydrogens is 340 g/mol. The Bertz CT molecular complexity index is 566. The molecule has 0 radical (unpaired) electrons. The maximum Gasteiger partial charge on any atom is 0.311 e. The summed E-state index contributed by atoms with van der Waals surface area (Å²) >= 11 is 0. The van der Waals surface area contributed by atoms with E-state index < -0.39 is 47.2 Å². The highest BCUT2D eigenvalue weighted by atomic mass is 16.5. The minimum atomic E-state index is -1.17. The van der Waals surface area contributed by atoms with Gasteiger partial charge in [0.25, 0.3) is 0 Å². The molecule has 0 bridgehead atoms. The Balaban J connectivity index is 2.94. The van der Waals surface area contributed by atoms with Crippen LogP contribution in [0.4, 0.5) is 0 Å². The van der Waals surface area contributed by atoms with Crippen molar-refractivity contribution in [2.24, 2.45) is 29.1 Å². The number of carboxylic acid groups (broad SMARTS) is 2. The summed E-state index contributed by atoms with van der Waals surface area (Å²) in [5.41, 5.74) is 0.00883. The van der Waals surface area contributed by atoms with Gasteiger partial charge in [-0.3, -0.25) is 14.4 Å². The number of rotatable bonds is 9. The van der Waals surface area contributed by atoms with Crippen LogP contribution in [0.25, 0.3) is 0 Å². The summed E-state index contributed by atoms with van der Waals surface area (Å²) in [4.78, 5) is 35.0. The summed E-state index contributed by atoms with van der Waals surface area (Å²) < 4.78 is 5.19. The number of aliphatic hydroxyl groups is 1. The van der Waals surface area contributed by atoms with Gasteiger partial charge in [-0.2, -0.15) is 0 Å². The van der Waals surface area contributed by atoms with Crippen molar-refractivity contribution >= 4 is 17.9 Å². The average molecular weight is 370 g/mol. The molecule has 1 saturated carbocycles. The first-order chi connectivity index (χ1) is 11.9. The van der Waals surface area contributed by atoms with E-state index in [2.05, 4.69) is 6.58 Å². The number of carbonyl (C=O) groups excluding carboxylic acids is 1. The van der Waals surface area contributed by atoms with Crippen molar-refractivity contribution in [3.63, 3.8) is 0 Å². The van der Waals surface area contributed by atoms with Crippen LogP contribution in [0.5, 0.6) is 0 Å². The molecule has 26 heavy (non-hydrogen) atoms. The third-order valence-electron chi connectivity index (χ3n) is 5.61. The first-order valence-corrected chi connectivity index (χ1v) is 8.87. The minimum Gasteiger partial charge on any atom is -0.481 e. The van der Waals surface area contributed by atoms with Crippen LogP contribution in [0, 0.1) is 29.1 Å². The Labute approximate surface area is 154 Å². The van der Waals surface area contributed by atoms with Gasteiger partial charge in [0.05, 0.1) is 17.4 Å². The van der Waals surface area contributed by atoms with Crippen LogP contribution >= 0.6 is 0 Å². The molecule has 1 aliphatic carbocycles. The van der Waals surface area contributed by atoms with Crippen molar-refractivity contribution in [2.45, 2.75) is 53.1 Å². The van der Waals surface area contributed by atoms with Crippen molar-refractivity contribution in [3.8, 4) is 0 Å². The van der Waals surface area contributed by atoms with Gasteiger partial charge >= 0.3 is 17.9 Å². The van der Waals surface area contributed by atoms with Gasteiger partial charge in [0, 0.05) is 12.3 Å². The van der Waals surface area contributed by atoms with E-state index in [1.807, 2.05) is 6.92 Å². The largest absolute Gasteiger partial charge is 0.481 e. The average Bonchev–Trinajstić information content (AvgIpc) is 2.91. The fourth-order valence-corrected chi connectivity index (χ4v) is 3.61. The van der Waals surface area contributed by atoms with E-state index in [-0.39, 0.29) is 18.9 Å². The maximum absolute atomic E-state index is 12.1. The van der Waals surface area contributed by atoms with Crippen molar-refractivity contribution in [3.05, 3.63) is 12.2 Å². The molecule has 148 valence electrons. The number of esters is 1. The third kappa shape index (κ3) is 5.06. The second kappa shape index (κ2) is 8.66. The molecule has 0 aromatic rings. The van der Waals surface area contributed by atoms with Gasteiger partial charge in [-0.1, -0.05) is 19.1 Å². The quantitative estimate of drug-likeness (QED) is 0.421. The lowest BCUT2D eigenvalue weighted by Gasteiger charge is -2.26. The Morgan fingerprint density at radius 2 is 1.85 bits per heavy atom. The van der Waals surface area contributed by atoms with E-state index in [0.29, 0.717) is 18.4 Å².